The molecule has 1 N–H and O–H groups in total. The SMILES string of the molecule is CSCCC(NC(=O)c1c(-n2cnnn2)sc2c1CCC2)c1nnc2ccccn12. The Kier molecular flexibility index (Phi) is 5.21. The van der Waals surface area contributed by atoms with Crippen LogP contribution < -0.4 is 5.32 Å². The number of hydrogen-bond donors (Lipinski definition) is 1. The molecule has 0 saturated carbocycles. The normalized spacial score (nSPS) is 14.2. The highest BCUT2D eigenvalue weighted by Gasteiger charge is 2.30. The fourth-order valence-electron chi connectivity index (χ4n) is 3.87. The topological polar surface area (TPSA) is 103 Å². The van der Waals surface area contributed by atoms with Gasteiger partial charge in [-0.2, -0.15) is 16.4 Å². The van der Waals surface area contributed by atoms with Crippen molar-refractivity contribution in [1.82, 2.24) is 40.1 Å². The van der Waals surface area contributed by atoms with Gasteiger partial charge in [0.15, 0.2) is 11.5 Å². The van der Waals surface area contributed by atoms with Crippen molar-refractivity contribution in [2.45, 2.75) is 31.7 Å². The van der Waals surface area contributed by atoms with E-state index in [0.717, 1.165) is 53.5 Å². The van der Waals surface area contributed by atoms with Crippen molar-refractivity contribution in [3.05, 3.63) is 52.6 Å². The van der Waals surface area contributed by atoms with Gasteiger partial charge >= 0.3 is 0 Å². The molecule has 0 saturated heterocycles. The number of rotatable bonds is 7. The monoisotopic (exact) mass is 440 g/mol. The van der Waals surface area contributed by atoms with Crippen LogP contribution >= 0.6 is 23.1 Å². The van der Waals surface area contributed by atoms with E-state index in [1.165, 1.54) is 11.2 Å². The van der Waals surface area contributed by atoms with Gasteiger partial charge in [-0.25, -0.2) is 0 Å². The maximum Gasteiger partial charge on any atom is 0.255 e. The van der Waals surface area contributed by atoms with E-state index in [2.05, 4.69) is 37.3 Å². The second kappa shape index (κ2) is 8.15. The number of carbonyl (C=O) groups excluding carboxylic acids is 1. The molecule has 4 aromatic heterocycles. The van der Waals surface area contributed by atoms with Gasteiger partial charge in [-0.05, 0) is 65.8 Å². The smallest absolute Gasteiger partial charge is 0.255 e. The summed E-state index contributed by atoms with van der Waals surface area (Å²) in [5, 5.41) is 24.1. The van der Waals surface area contributed by atoms with E-state index in [0.29, 0.717) is 5.56 Å². The summed E-state index contributed by atoms with van der Waals surface area (Å²) in [6, 6.07) is 5.53. The lowest BCUT2D eigenvalue weighted by Crippen LogP contribution is -2.31. The summed E-state index contributed by atoms with van der Waals surface area (Å²) < 4.78 is 3.52. The van der Waals surface area contributed by atoms with Gasteiger partial charge in [-0.3, -0.25) is 9.20 Å². The zero-order chi connectivity index (χ0) is 20.5. The molecule has 9 nitrogen and oxygen atoms in total. The molecule has 1 amide bonds. The number of hydrogen-bond acceptors (Lipinski definition) is 8. The lowest BCUT2D eigenvalue weighted by atomic mass is 10.1. The second-order valence-corrected chi connectivity index (χ2v) is 9.16. The van der Waals surface area contributed by atoms with Gasteiger partial charge in [0.2, 0.25) is 0 Å². The van der Waals surface area contributed by atoms with E-state index in [1.807, 2.05) is 28.8 Å². The molecule has 1 aliphatic carbocycles. The number of carbonyl (C=O) groups is 1. The van der Waals surface area contributed by atoms with Gasteiger partial charge in [-0.1, -0.05) is 6.07 Å². The minimum absolute atomic E-state index is 0.112. The minimum atomic E-state index is -0.249. The number of nitrogens with zero attached hydrogens (tertiary/aromatic N) is 7. The van der Waals surface area contributed by atoms with Crippen LogP contribution in [0.3, 0.4) is 0 Å². The van der Waals surface area contributed by atoms with E-state index >= 15 is 0 Å². The lowest BCUT2D eigenvalue weighted by molar-refractivity contribution is 0.0933. The molecule has 5 rings (SSSR count). The third-order valence-corrected chi connectivity index (χ3v) is 7.18. The standard InChI is InChI=1S/C19H20N8OS2/c1-29-10-8-13(17-23-22-15-7-2-3-9-26(15)17)21-18(28)16-12-5-4-6-14(12)30-19(16)27-11-20-24-25-27/h2-3,7,9,11,13H,4-6,8,10H2,1H3,(H,21,28). The molecule has 11 heteroatoms. The average molecular weight is 441 g/mol. The van der Waals surface area contributed by atoms with E-state index in [9.17, 15) is 4.79 Å². The summed E-state index contributed by atoms with van der Waals surface area (Å²) in [4.78, 5) is 14.8. The zero-order valence-corrected chi connectivity index (χ0v) is 18.0. The van der Waals surface area contributed by atoms with Gasteiger partial charge in [-0.15, -0.1) is 26.6 Å². The second-order valence-electron chi connectivity index (χ2n) is 7.09. The molecule has 0 radical (unpaired) electrons. The van der Waals surface area contributed by atoms with Crippen LogP contribution in [-0.4, -0.2) is 52.7 Å². The van der Waals surface area contributed by atoms with E-state index in [4.69, 9.17) is 0 Å². The Morgan fingerprint density at radius 3 is 3.10 bits per heavy atom. The zero-order valence-electron chi connectivity index (χ0n) is 16.4. The molecule has 0 fully saturated rings. The number of amides is 1. The van der Waals surface area contributed by atoms with Crippen molar-refractivity contribution >= 4 is 34.7 Å². The summed E-state index contributed by atoms with van der Waals surface area (Å²) in [6.07, 6.45) is 9.25. The van der Waals surface area contributed by atoms with Crippen molar-refractivity contribution in [2.24, 2.45) is 0 Å². The fourth-order valence-corrected chi connectivity index (χ4v) is 5.64. The molecule has 1 atom stereocenters. The number of thiophene rings is 1. The Labute approximate surface area is 180 Å². The Bertz CT molecular complexity index is 1180. The molecule has 4 heterocycles. The summed E-state index contributed by atoms with van der Waals surface area (Å²) >= 11 is 3.34. The molecular formula is C19H20N8OS2. The van der Waals surface area contributed by atoms with Crippen molar-refractivity contribution < 1.29 is 4.79 Å². The first-order valence-electron chi connectivity index (χ1n) is 9.73. The summed E-state index contributed by atoms with van der Waals surface area (Å²) in [6.45, 7) is 0. The van der Waals surface area contributed by atoms with Crippen molar-refractivity contribution in [2.75, 3.05) is 12.0 Å². The van der Waals surface area contributed by atoms with Gasteiger partial charge in [0.25, 0.3) is 5.91 Å². The van der Waals surface area contributed by atoms with Crippen LogP contribution in [0.25, 0.3) is 10.6 Å². The van der Waals surface area contributed by atoms with E-state index in [1.54, 1.807) is 27.8 Å². The lowest BCUT2D eigenvalue weighted by Gasteiger charge is -2.18. The number of pyridine rings is 1. The van der Waals surface area contributed by atoms with E-state index < -0.39 is 0 Å². The van der Waals surface area contributed by atoms with Gasteiger partial charge < -0.3 is 5.32 Å². The first-order valence-corrected chi connectivity index (χ1v) is 11.9. The Morgan fingerprint density at radius 1 is 1.33 bits per heavy atom. The Morgan fingerprint density at radius 2 is 2.27 bits per heavy atom. The molecule has 0 bridgehead atoms. The van der Waals surface area contributed by atoms with Crippen LogP contribution in [0.2, 0.25) is 0 Å². The number of nitrogens with one attached hydrogen (secondary N) is 1. The summed E-state index contributed by atoms with van der Waals surface area (Å²) in [5.74, 6) is 1.52. The number of fused-ring (bicyclic) bond motifs is 2. The molecule has 0 aliphatic heterocycles. The highest BCUT2D eigenvalue weighted by molar-refractivity contribution is 7.98. The molecular weight excluding hydrogens is 420 g/mol. The predicted octanol–water partition coefficient (Wildman–Crippen LogP) is 2.48. The Balaban J connectivity index is 1.51. The quantitative estimate of drug-likeness (QED) is 0.471. The van der Waals surface area contributed by atoms with Gasteiger partial charge in [0.1, 0.15) is 11.3 Å². The van der Waals surface area contributed by atoms with Crippen molar-refractivity contribution in [1.29, 1.82) is 0 Å². The molecule has 30 heavy (non-hydrogen) atoms. The highest BCUT2D eigenvalue weighted by Crippen LogP contribution is 2.37. The largest absolute Gasteiger partial charge is 0.342 e. The Hall–Kier alpha value is -2.79. The van der Waals surface area contributed by atoms with Crippen LogP contribution in [0.15, 0.2) is 30.7 Å². The van der Waals surface area contributed by atoms with Crippen LogP contribution in [0, 0.1) is 0 Å². The van der Waals surface area contributed by atoms with Gasteiger partial charge in [0.05, 0.1) is 11.6 Å². The number of thioether (sulfide) groups is 1. The molecule has 0 aromatic carbocycles. The number of tetrazole rings is 1. The highest BCUT2D eigenvalue weighted by atomic mass is 32.2. The first-order chi connectivity index (χ1) is 14.8. The summed E-state index contributed by atoms with van der Waals surface area (Å²) in [7, 11) is 0. The molecule has 4 aromatic rings. The molecule has 1 unspecified atom stereocenters. The minimum Gasteiger partial charge on any atom is -0.342 e. The maximum atomic E-state index is 13.5. The molecule has 0 spiro atoms. The maximum absolute atomic E-state index is 13.5. The van der Waals surface area contributed by atoms with Crippen LogP contribution in [0.4, 0.5) is 0 Å². The molecule has 154 valence electrons. The predicted molar refractivity (Wildman–Crippen MR) is 115 cm³/mol. The third kappa shape index (κ3) is 3.37. The van der Waals surface area contributed by atoms with Crippen LogP contribution in [0.5, 0.6) is 0 Å². The average Bonchev–Trinajstić information content (AvgIpc) is 3.53. The number of aryl methyl sites for hydroxylation is 1. The van der Waals surface area contributed by atoms with Crippen molar-refractivity contribution in [3.8, 4) is 5.00 Å². The summed E-state index contributed by atoms with van der Waals surface area (Å²) in [5.41, 5.74) is 2.57. The van der Waals surface area contributed by atoms with E-state index in [-0.39, 0.29) is 11.9 Å². The van der Waals surface area contributed by atoms with Crippen molar-refractivity contribution in [3.63, 3.8) is 0 Å². The van der Waals surface area contributed by atoms with Gasteiger partial charge in [0, 0.05) is 11.1 Å². The fraction of sp³-hybridized carbons (Fsp3) is 0.368. The molecule has 1 aliphatic rings. The number of aromatic nitrogens is 7. The first kappa shape index (κ1) is 19.2. The van der Waals surface area contributed by atoms with Crippen LogP contribution in [-0.2, 0) is 12.8 Å². The third-order valence-electron chi connectivity index (χ3n) is 5.25. The van der Waals surface area contributed by atoms with Crippen LogP contribution in [0.1, 0.15) is 45.5 Å².